The second-order valence-electron chi connectivity index (χ2n) is 6.80. The van der Waals surface area contributed by atoms with Gasteiger partial charge in [-0.1, -0.05) is 0 Å². The molecule has 21 heavy (non-hydrogen) atoms. The fourth-order valence-electron chi connectivity index (χ4n) is 2.67. The van der Waals surface area contributed by atoms with Gasteiger partial charge in [0.05, 0.1) is 0 Å². The van der Waals surface area contributed by atoms with Crippen molar-refractivity contribution in [1.82, 2.24) is 4.90 Å². The zero-order valence-electron chi connectivity index (χ0n) is 13.1. The van der Waals surface area contributed by atoms with Crippen molar-refractivity contribution < 1.29 is 9.53 Å². The molecule has 3 nitrogen and oxygen atoms in total. The summed E-state index contributed by atoms with van der Waals surface area (Å²) in [7, 11) is 4.01. The van der Waals surface area contributed by atoms with Gasteiger partial charge in [-0.25, -0.2) is 0 Å². The topological polar surface area (TPSA) is 29.5 Å². The summed E-state index contributed by atoms with van der Waals surface area (Å²) in [5, 5.41) is 0.809. The Morgan fingerprint density at radius 2 is 2.19 bits per heavy atom. The normalized spacial score (nSPS) is 26.2. The second-order valence-corrected chi connectivity index (χ2v) is 10.3. The molecule has 2 heterocycles. The molecule has 2 aliphatic heterocycles. The Labute approximate surface area is 144 Å². The van der Waals surface area contributed by atoms with E-state index in [1.807, 2.05) is 26.5 Å². The first-order valence-corrected chi connectivity index (χ1v) is 10.9. The summed E-state index contributed by atoms with van der Waals surface area (Å²) in [5.41, 5.74) is 0.0406. The summed E-state index contributed by atoms with van der Waals surface area (Å²) in [5.74, 6) is 1.49. The van der Waals surface area contributed by atoms with Crippen LogP contribution in [0.2, 0.25) is 0 Å². The monoisotopic (exact) mass is 395 g/mol. The minimum absolute atomic E-state index is 0.0406. The summed E-state index contributed by atoms with van der Waals surface area (Å²) in [6.07, 6.45) is 5.35. The molecule has 120 valence electrons. The number of nitrogens with zero attached hydrogens (tertiary/aromatic N) is 1. The first-order valence-electron chi connectivity index (χ1n) is 7.66. The van der Waals surface area contributed by atoms with E-state index in [9.17, 15) is 4.79 Å². The fourth-order valence-corrected chi connectivity index (χ4v) is 6.32. The summed E-state index contributed by atoms with van der Waals surface area (Å²) >= 11 is 2.90. The molecule has 0 bridgehead atoms. The van der Waals surface area contributed by atoms with Crippen molar-refractivity contribution >= 4 is 47.8 Å². The van der Waals surface area contributed by atoms with Crippen molar-refractivity contribution in [2.45, 2.75) is 64.2 Å². The van der Waals surface area contributed by atoms with Gasteiger partial charge in [-0.15, -0.1) is 0 Å². The van der Waals surface area contributed by atoms with Gasteiger partial charge in [0.15, 0.2) is 0 Å². The molecule has 0 N–H and O–H groups in total. The number of hydrogen-bond acceptors (Lipinski definition) is 4. The van der Waals surface area contributed by atoms with Gasteiger partial charge in [-0.05, 0) is 0 Å². The maximum absolute atomic E-state index is 12.5. The quantitative estimate of drug-likeness (QED) is 0.407. The molecule has 1 unspecified atom stereocenters. The van der Waals surface area contributed by atoms with Crippen LogP contribution in [0, 0.1) is 5.41 Å². The van der Waals surface area contributed by atoms with E-state index in [0.29, 0.717) is 17.8 Å². The average molecular weight is 394 g/mol. The van der Waals surface area contributed by atoms with Gasteiger partial charge < -0.3 is 0 Å². The van der Waals surface area contributed by atoms with Crippen molar-refractivity contribution in [3.8, 4) is 0 Å². The van der Waals surface area contributed by atoms with E-state index in [1.165, 1.54) is 18.6 Å². The Kier molecular flexibility index (Phi) is 6.54. The molecule has 0 aliphatic carbocycles. The third-order valence-electron chi connectivity index (χ3n) is 4.04. The van der Waals surface area contributed by atoms with E-state index in [2.05, 4.69) is 36.3 Å². The summed E-state index contributed by atoms with van der Waals surface area (Å²) in [6.45, 7) is 7.09. The van der Waals surface area contributed by atoms with Gasteiger partial charge in [0.25, 0.3) is 0 Å². The standard InChI is InChI=1S/C15H25NO2S2Se/c1-15(2,3)12-10-18-14(21)16(12)13(17)7-5-4-6-11-8-9-19-20-11/h11-12H,4-10H2,1-3H3/t11?,12-/m1/s1. The third kappa shape index (κ3) is 4.92. The summed E-state index contributed by atoms with van der Waals surface area (Å²) in [6, 6.07) is 0.142. The van der Waals surface area contributed by atoms with E-state index in [0.717, 1.165) is 18.1 Å². The van der Waals surface area contributed by atoms with Crippen molar-refractivity contribution in [2.75, 3.05) is 12.4 Å². The number of hydrogen-bond donors (Lipinski definition) is 0. The molecule has 0 spiro atoms. The molecule has 0 saturated carbocycles. The molecule has 2 rings (SSSR count). The van der Waals surface area contributed by atoms with Crippen molar-refractivity contribution in [3.63, 3.8) is 0 Å². The second kappa shape index (κ2) is 7.76. The predicted octanol–water partition coefficient (Wildman–Crippen LogP) is 3.23. The van der Waals surface area contributed by atoms with E-state index in [-0.39, 0.29) is 17.4 Å². The molecule has 0 radical (unpaired) electrons. The van der Waals surface area contributed by atoms with Crippen LogP contribution in [-0.4, -0.2) is 54.8 Å². The Morgan fingerprint density at radius 1 is 1.43 bits per heavy atom. The van der Waals surface area contributed by atoms with Gasteiger partial charge in [0, 0.05) is 0 Å². The number of carbonyl (C=O) groups is 1. The van der Waals surface area contributed by atoms with Crippen LogP contribution in [0.25, 0.3) is 0 Å². The number of rotatable bonds is 5. The molecule has 2 saturated heterocycles. The van der Waals surface area contributed by atoms with Crippen molar-refractivity contribution in [2.24, 2.45) is 5.41 Å². The Hall–Kier alpha value is 0.359. The van der Waals surface area contributed by atoms with Gasteiger partial charge in [0.1, 0.15) is 0 Å². The van der Waals surface area contributed by atoms with Gasteiger partial charge in [-0.3, -0.25) is 0 Å². The maximum atomic E-state index is 12.5. The predicted molar refractivity (Wildman–Crippen MR) is 93.7 cm³/mol. The molecule has 0 aromatic rings. The number of carbonyl (C=O) groups excluding carboxylic acids is 1. The van der Waals surface area contributed by atoms with Crippen LogP contribution >= 0.6 is 21.6 Å². The van der Waals surface area contributed by atoms with Gasteiger partial charge >= 0.3 is 144 Å². The SMILES string of the molecule is CC(C)(C)[C@H]1COC(=[Se])N1C(=O)CCCCC1CCSS1. The first kappa shape index (κ1) is 17.7. The summed E-state index contributed by atoms with van der Waals surface area (Å²) in [4.78, 5) is 14.4. The van der Waals surface area contributed by atoms with E-state index >= 15 is 0 Å². The number of ether oxygens (including phenoxy) is 1. The van der Waals surface area contributed by atoms with Gasteiger partial charge in [0.2, 0.25) is 0 Å². The van der Waals surface area contributed by atoms with Crippen molar-refractivity contribution in [1.29, 1.82) is 0 Å². The molecule has 1 amide bonds. The van der Waals surface area contributed by atoms with Crippen LogP contribution in [0.4, 0.5) is 0 Å². The zero-order valence-corrected chi connectivity index (χ0v) is 16.4. The molecule has 6 heteroatoms. The number of unbranched alkanes of at least 4 members (excludes halogenated alkanes) is 1. The van der Waals surface area contributed by atoms with E-state index in [1.54, 1.807) is 0 Å². The van der Waals surface area contributed by atoms with Crippen LogP contribution < -0.4 is 0 Å². The average Bonchev–Trinajstić information content (AvgIpc) is 3.02. The van der Waals surface area contributed by atoms with Crippen LogP contribution in [0.15, 0.2) is 0 Å². The molecular formula is C15H25NO2S2Se. The molecule has 2 atom stereocenters. The molecular weight excluding hydrogens is 369 g/mol. The van der Waals surface area contributed by atoms with E-state index in [4.69, 9.17) is 4.74 Å². The zero-order chi connectivity index (χ0) is 15.5. The van der Waals surface area contributed by atoms with Crippen LogP contribution in [0.5, 0.6) is 0 Å². The molecule has 0 aromatic carbocycles. The molecule has 0 aromatic heterocycles. The fraction of sp³-hybridized carbons (Fsp3) is 0.867. The Bertz CT molecular complexity index is 392. The summed E-state index contributed by atoms with van der Waals surface area (Å²) < 4.78 is 6.23. The first-order chi connectivity index (χ1) is 9.89. The minimum atomic E-state index is 0.0406. The van der Waals surface area contributed by atoms with Crippen LogP contribution in [-0.2, 0) is 9.53 Å². The van der Waals surface area contributed by atoms with E-state index < -0.39 is 0 Å². The third-order valence-corrected chi connectivity index (χ3v) is 7.70. The Balaban J connectivity index is 1.77. The van der Waals surface area contributed by atoms with Crippen LogP contribution in [0.1, 0.15) is 52.9 Å². The Morgan fingerprint density at radius 3 is 2.81 bits per heavy atom. The molecule has 2 fully saturated rings. The van der Waals surface area contributed by atoms with Crippen LogP contribution in [0.3, 0.4) is 0 Å². The van der Waals surface area contributed by atoms with Gasteiger partial charge in [-0.2, -0.15) is 0 Å². The van der Waals surface area contributed by atoms with Crippen molar-refractivity contribution in [3.05, 3.63) is 0 Å². The number of amides is 1. The molecule has 2 aliphatic rings.